The Morgan fingerprint density at radius 1 is 0.402 bits per heavy atom. The van der Waals surface area contributed by atoms with Gasteiger partial charge in [-0.25, -0.2) is 0 Å². The Kier molecular flexibility index (Phi) is 43.5. The van der Waals surface area contributed by atoms with Crippen molar-refractivity contribution in [3.05, 3.63) is 0 Å². The van der Waals surface area contributed by atoms with E-state index in [1.165, 1.54) is 18.7 Å². The van der Waals surface area contributed by atoms with E-state index < -0.39 is 150 Å². The summed E-state index contributed by atoms with van der Waals surface area (Å²) in [5, 5.41) is 42.6. The maximum Gasteiger partial charge on any atom is 0.303 e. The Balaban J connectivity index is 3.83. The smallest absolute Gasteiger partial charge is 0.303 e. The van der Waals surface area contributed by atoms with Crippen LogP contribution in [0.4, 0.5) is 0 Å². The fraction of sp³-hybridized carbons (Fsp3) is 0.712. The van der Waals surface area contributed by atoms with Gasteiger partial charge in [-0.2, -0.15) is 0 Å². The van der Waals surface area contributed by atoms with Gasteiger partial charge in [0.05, 0.1) is 6.10 Å². The fourth-order valence-corrected chi connectivity index (χ4v) is 10.2. The Labute approximate surface area is 591 Å². The number of likely N-dealkylation sites (tertiary alicyclic amines) is 1. The first-order valence-corrected chi connectivity index (χ1v) is 33.8. The number of guanidine groups is 5. The number of carboxylic acids is 1. The third-order valence-electron chi connectivity index (χ3n) is 15.8. The summed E-state index contributed by atoms with van der Waals surface area (Å²) in [5.41, 5.74) is 78.5. The summed E-state index contributed by atoms with van der Waals surface area (Å²) in [6.45, 7) is 2.98. The predicted octanol–water partition coefficient (Wildman–Crippen LogP) is -11.1. The first kappa shape index (κ1) is 89.8. The number of nitrogens with two attached hydrogens (primary N) is 14. The van der Waals surface area contributed by atoms with Crippen molar-refractivity contribution in [1.82, 2.24) is 52.8 Å². The van der Waals surface area contributed by atoms with Gasteiger partial charge in [0.15, 0.2) is 29.8 Å². The standard InChI is InChI=1S/C59H113N29O14/c1-31(79-46(94)36(15-7-25-74-55(64)65)87-53(101)41-20-12-30-88(41)54(102)43(62)32(2)89)45(93)81-37(16-8-26-75-56(66)67)50(98)85-40(19-11-29-78-59(72)73)52(100)86-39(18-10-28-77-58(70)71)51(99)83-34(13-3-5-23-60)48(96)82-35(14-4-6-24-61)49(97)84-38(17-9-27-76-57(68)69)47(95)80-33(44(63)92)21-22-42(90)91/h31-41,43,89H,3-30,60-62H2,1-2H3,(H2,63,92)(H,79,94)(H,80,95)(H,81,93)(H,82,96)(H,83,99)(H,84,97)(H,85,98)(H,86,100)(H,87,101)(H,90,91)(H4,64,65,74)(H4,66,67,75)(H4,68,69,76)(H4,70,71,77)(H4,72,73,78)/t31-,32+,33-,34-,35-,36-,37-,38-,39-,40-,41-,43-/m0/s1. The highest BCUT2D eigenvalue weighted by atomic mass is 16.4. The number of aliphatic imine (C=N–C) groups is 5. The van der Waals surface area contributed by atoms with Crippen LogP contribution in [0.25, 0.3) is 0 Å². The first-order valence-electron chi connectivity index (χ1n) is 33.8. The van der Waals surface area contributed by atoms with Gasteiger partial charge in [0, 0.05) is 45.7 Å². The molecule has 11 amide bonds. The number of carbonyl (C=O) groups excluding carboxylic acids is 11. The Bertz CT molecular complexity index is 2880. The molecule has 0 spiro atoms. The zero-order chi connectivity index (χ0) is 77.0. The van der Waals surface area contributed by atoms with Crippen molar-refractivity contribution in [2.75, 3.05) is 52.4 Å². The Hall–Kier alpha value is -10.2. The van der Waals surface area contributed by atoms with Crippen LogP contribution in [0.3, 0.4) is 0 Å². The highest BCUT2D eigenvalue weighted by Gasteiger charge is 2.40. The Morgan fingerprint density at radius 3 is 0.971 bits per heavy atom. The normalized spacial score (nSPS) is 15.6. The van der Waals surface area contributed by atoms with Crippen molar-refractivity contribution in [3.8, 4) is 0 Å². The maximum atomic E-state index is 14.7. The highest BCUT2D eigenvalue weighted by molar-refractivity contribution is 5.99. The third-order valence-corrected chi connectivity index (χ3v) is 15.8. The van der Waals surface area contributed by atoms with E-state index in [1.54, 1.807) is 0 Å². The number of unbranched alkanes of at least 4 members (excludes halogenated alkanes) is 2. The molecular weight excluding hydrogens is 1340 g/mol. The fourth-order valence-electron chi connectivity index (χ4n) is 10.2. The average molecular weight is 1450 g/mol. The van der Waals surface area contributed by atoms with E-state index in [4.69, 9.17) is 80.3 Å². The molecule has 578 valence electrons. The van der Waals surface area contributed by atoms with Crippen LogP contribution in [-0.4, -0.2) is 241 Å². The van der Waals surface area contributed by atoms with E-state index >= 15 is 0 Å². The number of aliphatic carboxylic acids is 1. The molecule has 1 saturated heterocycles. The van der Waals surface area contributed by atoms with Crippen molar-refractivity contribution in [3.63, 3.8) is 0 Å². The summed E-state index contributed by atoms with van der Waals surface area (Å²) in [5.74, 6) is -12.5. The lowest BCUT2D eigenvalue weighted by atomic mass is 10.0. The van der Waals surface area contributed by atoms with Gasteiger partial charge in [-0.3, -0.25) is 82.5 Å². The minimum Gasteiger partial charge on any atom is -0.481 e. The molecule has 1 aliphatic rings. The Morgan fingerprint density at radius 2 is 0.686 bits per heavy atom. The van der Waals surface area contributed by atoms with E-state index in [0.717, 1.165) is 0 Å². The molecule has 1 heterocycles. The van der Waals surface area contributed by atoms with Crippen LogP contribution in [0.2, 0.25) is 0 Å². The number of hydrogen-bond acceptors (Lipinski definition) is 21. The van der Waals surface area contributed by atoms with Gasteiger partial charge in [-0.05, 0) is 149 Å². The number of nitrogens with zero attached hydrogens (tertiary/aromatic N) is 6. The van der Waals surface area contributed by atoms with Crippen LogP contribution >= 0.6 is 0 Å². The molecule has 1 aliphatic heterocycles. The number of rotatable bonds is 52. The van der Waals surface area contributed by atoms with Gasteiger partial charge < -0.3 is 143 Å². The molecule has 43 heteroatoms. The van der Waals surface area contributed by atoms with Gasteiger partial charge in [-0.15, -0.1) is 0 Å². The second-order valence-electron chi connectivity index (χ2n) is 24.3. The van der Waals surface area contributed by atoms with Crippen LogP contribution in [0.1, 0.15) is 142 Å². The van der Waals surface area contributed by atoms with Crippen LogP contribution < -0.4 is 128 Å². The summed E-state index contributed by atoms with van der Waals surface area (Å²) < 4.78 is 0. The van der Waals surface area contributed by atoms with E-state index in [-0.39, 0.29) is 185 Å². The molecule has 0 aromatic carbocycles. The highest BCUT2D eigenvalue weighted by Crippen LogP contribution is 2.20. The number of nitrogens with one attached hydrogen (secondary N) is 9. The van der Waals surface area contributed by atoms with Crippen molar-refractivity contribution < 1.29 is 67.7 Å². The van der Waals surface area contributed by atoms with Crippen molar-refractivity contribution in [2.24, 2.45) is 105 Å². The van der Waals surface area contributed by atoms with Crippen molar-refractivity contribution >= 4 is 101 Å². The number of primary amides is 1. The summed E-state index contributed by atoms with van der Waals surface area (Å²) >= 11 is 0. The molecule has 43 nitrogen and oxygen atoms in total. The molecule has 0 saturated carbocycles. The second-order valence-corrected chi connectivity index (χ2v) is 24.3. The topological polar surface area (TPSA) is 783 Å². The monoisotopic (exact) mass is 1450 g/mol. The molecule has 0 bridgehead atoms. The number of aliphatic hydroxyl groups is 1. The minimum absolute atomic E-state index is 0.00405. The number of carboxylic acid groups (broad SMARTS) is 1. The number of hydrogen-bond donors (Lipinski definition) is 25. The van der Waals surface area contributed by atoms with Crippen LogP contribution in [0.5, 0.6) is 0 Å². The number of carbonyl (C=O) groups is 12. The quantitative estimate of drug-likeness (QED) is 0.0153. The van der Waals surface area contributed by atoms with Gasteiger partial charge >= 0.3 is 5.97 Å². The lowest BCUT2D eigenvalue weighted by Crippen LogP contribution is -2.60. The van der Waals surface area contributed by atoms with Crippen LogP contribution in [0, 0.1) is 0 Å². The summed E-state index contributed by atoms with van der Waals surface area (Å²) in [6, 6.07) is -15.4. The van der Waals surface area contributed by atoms with Crippen molar-refractivity contribution in [1.29, 1.82) is 0 Å². The molecule has 0 unspecified atom stereocenters. The van der Waals surface area contributed by atoms with E-state index in [9.17, 15) is 67.7 Å². The van der Waals surface area contributed by atoms with Crippen LogP contribution in [-0.2, 0) is 57.5 Å². The predicted molar refractivity (Wildman–Crippen MR) is 379 cm³/mol. The molecule has 0 aromatic heterocycles. The second kappa shape index (κ2) is 49.4. The van der Waals surface area contributed by atoms with E-state index in [2.05, 4.69) is 72.8 Å². The first-order chi connectivity index (χ1) is 48.1. The molecule has 102 heavy (non-hydrogen) atoms. The van der Waals surface area contributed by atoms with Gasteiger partial charge in [0.1, 0.15) is 66.5 Å². The molecule has 12 atom stereocenters. The van der Waals surface area contributed by atoms with Gasteiger partial charge in [-0.1, -0.05) is 0 Å². The minimum atomic E-state index is -1.54. The summed E-state index contributed by atoms with van der Waals surface area (Å²) in [7, 11) is 0. The molecule has 0 aromatic rings. The zero-order valence-corrected chi connectivity index (χ0v) is 58.3. The van der Waals surface area contributed by atoms with E-state index in [0.29, 0.717) is 19.3 Å². The van der Waals surface area contributed by atoms with Gasteiger partial charge in [0.25, 0.3) is 0 Å². The molecule has 39 N–H and O–H groups in total. The SMILES string of the molecule is C[C@H](NC(=O)[C@H](CCCN=C(N)N)NC(=O)[C@@H]1CCCN1C(=O)[C@@H](N)[C@@H](C)O)C(=O)N[C@@H](CCCN=C(N)N)C(=O)N[C@@H](CCCN=C(N)N)C(=O)N[C@@H](CCCN=C(N)N)C(=O)N[C@@H](CCCCN)C(=O)N[C@@H](CCCCN)C(=O)N[C@@H](CCCN=C(N)N)C(=O)N[C@@H](CCC(=O)O)C(N)=O. The van der Waals surface area contributed by atoms with Gasteiger partial charge in [0.2, 0.25) is 65.0 Å². The molecule has 0 radical (unpaired) electrons. The van der Waals surface area contributed by atoms with Crippen molar-refractivity contribution in [2.45, 2.75) is 215 Å². The molecular formula is C59H113N29O14. The molecule has 1 rings (SSSR count). The zero-order valence-electron chi connectivity index (χ0n) is 58.3. The summed E-state index contributed by atoms with van der Waals surface area (Å²) in [6.07, 6.45) is -0.857. The molecule has 1 fully saturated rings. The van der Waals surface area contributed by atoms with E-state index in [1.807, 2.05) is 0 Å². The lowest BCUT2D eigenvalue weighted by Gasteiger charge is -2.29. The maximum absolute atomic E-state index is 14.7. The molecule has 0 aliphatic carbocycles. The van der Waals surface area contributed by atoms with Crippen LogP contribution in [0.15, 0.2) is 25.0 Å². The number of aliphatic hydroxyl groups excluding tert-OH is 1. The number of amides is 11. The summed E-state index contributed by atoms with van der Waals surface area (Å²) in [4.78, 5) is 186. The average Bonchev–Trinajstić information content (AvgIpc) is 1.62. The third kappa shape index (κ3) is 37.3. The largest absolute Gasteiger partial charge is 0.481 e. The lowest BCUT2D eigenvalue weighted by molar-refractivity contribution is -0.142.